The van der Waals surface area contributed by atoms with Crippen LogP contribution in [0.3, 0.4) is 0 Å². The van der Waals surface area contributed by atoms with Gasteiger partial charge in [-0.1, -0.05) is 26.0 Å². The van der Waals surface area contributed by atoms with Crippen molar-refractivity contribution in [2.45, 2.75) is 44.9 Å². The SMILES string of the molecule is CC(C)c1ccc(C2CC3CC3C2)c(F)c1. The van der Waals surface area contributed by atoms with Crippen LogP contribution in [0, 0.1) is 17.7 Å². The zero-order valence-electron chi connectivity index (χ0n) is 10.0. The van der Waals surface area contributed by atoms with E-state index in [1.54, 1.807) is 6.07 Å². The van der Waals surface area contributed by atoms with E-state index in [2.05, 4.69) is 19.9 Å². The van der Waals surface area contributed by atoms with E-state index in [1.807, 2.05) is 6.07 Å². The van der Waals surface area contributed by atoms with Crippen LogP contribution in [0.2, 0.25) is 0 Å². The van der Waals surface area contributed by atoms with Gasteiger partial charge in [0.25, 0.3) is 0 Å². The Bertz CT molecular complexity index is 398. The van der Waals surface area contributed by atoms with E-state index < -0.39 is 0 Å². The second kappa shape index (κ2) is 3.58. The van der Waals surface area contributed by atoms with E-state index in [0.717, 1.165) is 23.0 Å². The zero-order chi connectivity index (χ0) is 11.3. The Morgan fingerprint density at radius 3 is 2.38 bits per heavy atom. The Kier molecular flexibility index (Phi) is 2.31. The van der Waals surface area contributed by atoms with Gasteiger partial charge in [0.05, 0.1) is 0 Å². The molecule has 0 heterocycles. The molecule has 1 heteroatoms. The molecule has 0 bridgehead atoms. The van der Waals surface area contributed by atoms with Crippen molar-refractivity contribution in [1.29, 1.82) is 0 Å². The summed E-state index contributed by atoms with van der Waals surface area (Å²) in [4.78, 5) is 0. The number of rotatable bonds is 2. The molecule has 0 aromatic heterocycles. The molecule has 0 spiro atoms. The van der Waals surface area contributed by atoms with Gasteiger partial charge >= 0.3 is 0 Å². The molecule has 1 aromatic carbocycles. The zero-order valence-corrected chi connectivity index (χ0v) is 10.0. The van der Waals surface area contributed by atoms with Gasteiger partial charge < -0.3 is 0 Å². The number of hydrogen-bond acceptors (Lipinski definition) is 0. The van der Waals surface area contributed by atoms with E-state index in [4.69, 9.17) is 0 Å². The molecule has 2 atom stereocenters. The highest BCUT2D eigenvalue weighted by Crippen LogP contribution is 2.57. The predicted octanol–water partition coefficient (Wildman–Crippen LogP) is 4.46. The summed E-state index contributed by atoms with van der Waals surface area (Å²) in [6, 6.07) is 5.87. The number of benzene rings is 1. The normalized spacial score (nSPS) is 31.9. The van der Waals surface area contributed by atoms with Crippen LogP contribution in [0.15, 0.2) is 18.2 Å². The summed E-state index contributed by atoms with van der Waals surface area (Å²) in [7, 11) is 0. The highest BCUT2D eigenvalue weighted by molar-refractivity contribution is 5.30. The van der Waals surface area contributed by atoms with Crippen molar-refractivity contribution in [3.05, 3.63) is 35.1 Å². The van der Waals surface area contributed by atoms with E-state index in [-0.39, 0.29) is 5.82 Å². The van der Waals surface area contributed by atoms with Crippen LogP contribution < -0.4 is 0 Å². The Balaban J connectivity index is 1.84. The molecule has 2 unspecified atom stereocenters. The van der Waals surface area contributed by atoms with Gasteiger partial charge in [0, 0.05) is 0 Å². The Morgan fingerprint density at radius 2 is 1.81 bits per heavy atom. The first-order valence-electron chi connectivity index (χ1n) is 6.44. The molecule has 16 heavy (non-hydrogen) atoms. The molecule has 0 N–H and O–H groups in total. The summed E-state index contributed by atoms with van der Waals surface area (Å²) in [6.07, 6.45) is 3.85. The quantitative estimate of drug-likeness (QED) is 0.687. The third kappa shape index (κ3) is 1.66. The highest BCUT2D eigenvalue weighted by Gasteiger charge is 2.46. The van der Waals surface area contributed by atoms with Gasteiger partial charge in [0.2, 0.25) is 0 Å². The lowest BCUT2D eigenvalue weighted by Gasteiger charge is -2.15. The van der Waals surface area contributed by atoms with E-state index in [0.29, 0.717) is 11.8 Å². The molecular weight excluding hydrogens is 199 g/mol. The molecule has 2 aliphatic carbocycles. The van der Waals surface area contributed by atoms with Crippen molar-refractivity contribution in [2.24, 2.45) is 11.8 Å². The summed E-state index contributed by atoms with van der Waals surface area (Å²) in [5.41, 5.74) is 2.08. The molecule has 2 saturated carbocycles. The van der Waals surface area contributed by atoms with Crippen molar-refractivity contribution < 1.29 is 4.39 Å². The molecule has 86 valence electrons. The fourth-order valence-electron chi connectivity index (χ4n) is 3.20. The smallest absolute Gasteiger partial charge is 0.126 e. The molecule has 3 rings (SSSR count). The van der Waals surface area contributed by atoms with Gasteiger partial charge in [-0.2, -0.15) is 0 Å². The molecule has 0 amide bonds. The molecule has 2 aliphatic rings. The van der Waals surface area contributed by atoms with Crippen LogP contribution in [0.5, 0.6) is 0 Å². The van der Waals surface area contributed by atoms with Crippen LogP contribution in [0.25, 0.3) is 0 Å². The first kappa shape index (κ1) is 10.3. The molecule has 0 radical (unpaired) electrons. The standard InChI is InChI=1S/C15H19F/c1-9(2)10-3-4-14(15(16)8-10)13-6-11-5-12(11)7-13/h3-4,8-9,11-13H,5-7H2,1-2H3. The Labute approximate surface area is 96.9 Å². The molecule has 0 nitrogen and oxygen atoms in total. The largest absolute Gasteiger partial charge is 0.207 e. The van der Waals surface area contributed by atoms with Gasteiger partial charge in [-0.15, -0.1) is 0 Å². The van der Waals surface area contributed by atoms with Gasteiger partial charge in [-0.3, -0.25) is 0 Å². The summed E-state index contributed by atoms with van der Waals surface area (Å²) in [5, 5.41) is 0. The van der Waals surface area contributed by atoms with Crippen molar-refractivity contribution in [2.75, 3.05) is 0 Å². The van der Waals surface area contributed by atoms with Crippen LogP contribution in [0.4, 0.5) is 4.39 Å². The first-order valence-corrected chi connectivity index (χ1v) is 6.44. The van der Waals surface area contributed by atoms with Gasteiger partial charge in [-0.05, 0) is 60.1 Å². The van der Waals surface area contributed by atoms with E-state index in [1.165, 1.54) is 19.3 Å². The third-order valence-electron chi connectivity index (χ3n) is 4.37. The van der Waals surface area contributed by atoms with Gasteiger partial charge in [0.1, 0.15) is 5.82 Å². The summed E-state index contributed by atoms with van der Waals surface area (Å²) in [6.45, 7) is 4.22. The fourth-order valence-corrected chi connectivity index (χ4v) is 3.20. The Hall–Kier alpha value is -0.850. The average molecular weight is 218 g/mol. The van der Waals surface area contributed by atoms with Crippen LogP contribution >= 0.6 is 0 Å². The lowest BCUT2D eigenvalue weighted by molar-refractivity contribution is 0.551. The summed E-state index contributed by atoms with van der Waals surface area (Å²) < 4.78 is 14.0. The summed E-state index contributed by atoms with van der Waals surface area (Å²) in [5.74, 6) is 2.80. The second-order valence-corrected chi connectivity index (χ2v) is 5.86. The fraction of sp³-hybridized carbons (Fsp3) is 0.600. The minimum Gasteiger partial charge on any atom is -0.207 e. The molecular formula is C15H19F. The molecule has 0 aliphatic heterocycles. The van der Waals surface area contributed by atoms with Crippen molar-refractivity contribution >= 4 is 0 Å². The second-order valence-electron chi connectivity index (χ2n) is 5.86. The van der Waals surface area contributed by atoms with Crippen LogP contribution in [-0.2, 0) is 0 Å². The maximum absolute atomic E-state index is 14.0. The van der Waals surface area contributed by atoms with E-state index >= 15 is 0 Å². The van der Waals surface area contributed by atoms with E-state index in [9.17, 15) is 4.39 Å². The van der Waals surface area contributed by atoms with Gasteiger partial charge in [-0.25, -0.2) is 4.39 Å². The number of fused-ring (bicyclic) bond motifs is 1. The minimum atomic E-state index is 0.0255. The average Bonchev–Trinajstić information content (AvgIpc) is 2.85. The molecule has 0 saturated heterocycles. The topological polar surface area (TPSA) is 0 Å². The number of halogens is 1. The number of hydrogen-bond donors (Lipinski definition) is 0. The monoisotopic (exact) mass is 218 g/mol. The van der Waals surface area contributed by atoms with Crippen molar-refractivity contribution in [3.8, 4) is 0 Å². The highest BCUT2D eigenvalue weighted by atomic mass is 19.1. The lowest BCUT2D eigenvalue weighted by Crippen LogP contribution is -2.01. The lowest BCUT2D eigenvalue weighted by atomic mass is 9.91. The minimum absolute atomic E-state index is 0.0255. The van der Waals surface area contributed by atoms with Crippen LogP contribution in [0.1, 0.15) is 56.1 Å². The summed E-state index contributed by atoms with van der Waals surface area (Å²) >= 11 is 0. The van der Waals surface area contributed by atoms with Crippen LogP contribution in [-0.4, -0.2) is 0 Å². The third-order valence-corrected chi connectivity index (χ3v) is 4.37. The molecule has 1 aromatic rings. The van der Waals surface area contributed by atoms with Gasteiger partial charge in [0.15, 0.2) is 0 Å². The molecule has 2 fully saturated rings. The van der Waals surface area contributed by atoms with Crippen molar-refractivity contribution in [3.63, 3.8) is 0 Å². The first-order chi connectivity index (χ1) is 7.65. The maximum Gasteiger partial charge on any atom is 0.126 e. The predicted molar refractivity (Wildman–Crippen MR) is 64.1 cm³/mol. The Morgan fingerprint density at radius 1 is 1.12 bits per heavy atom. The van der Waals surface area contributed by atoms with Crippen molar-refractivity contribution in [1.82, 2.24) is 0 Å². The maximum atomic E-state index is 14.0.